The maximum atomic E-state index is 5.55. The summed E-state index contributed by atoms with van der Waals surface area (Å²) in [5, 5.41) is 0.829. The second-order valence-corrected chi connectivity index (χ2v) is 2.73. The number of nitrogens with zero attached hydrogens (tertiary/aromatic N) is 2. The summed E-state index contributed by atoms with van der Waals surface area (Å²) in [5.74, 6) is 0. The second kappa shape index (κ2) is 2.78. The number of amidine groups is 1. The molecule has 0 aliphatic carbocycles. The van der Waals surface area contributed by atoms with Gasteiger partial charge in [0.05, 0.1) is 11.6 Å². The molecule has 0 radical (unpaired) electrons. The predicted molar refractivity (Wildman–Crippen MR) is 39.8 cm³/mol. The summed E-state index contributed by atoms with van der Waals surface area (Å²) < 4.78 is 1.24. The molecular formula is C4H3Cl3N2. The molecule has 5 heteroatoms. The lowest BCUT2D eigenvalue weighted by molar-refractivity contribution is 0.730. The molecule has 0 bridgehead atoms. The first-order valence-electron chi connectivity index (χ1n) is 2.21. The molecule has 0 aromatic rings. The van der Waals surface area contributed by atoms with Crippen LogP contribution in [-0.2, 0) is 0 Å². The molecule has 1 aliphatic rings. The fourth-order valence-electron chi connectivity index (χ4n) is 0.425. The van der Waals surface area contributed by atoms with Crippen molar-refractivity contribution in [3.05, 3.63) is 11.2 Å². The van der Waals surface area contributed by atoms with Crippen LogP contribution in [0.3, 0.4) is 0 Å². The molecule has 0 unspecified atom stereocenters. The molecule has 1 rings (SSSR count). The van der Waals surface area contributed by atoms with E-state index in [1.54, 1.807) is 0 Å². The Hall–Kier alpha value is 0.0800. The molecule has 0 aromatic carbocycles. The molecule has 0 amide bonds. The molecule has 1 aliphatic heterocycles. The Bertz CT molecular complexity index is 175. The van der Waals surface area contributed by atoms with Gasteiger partial charge in [-0.25, -0.2) is 4.99 Å². The lowest BCUT2D eigenvalue weighted by atomic mass is 10.5. The third-order valence-corrected chi connectivity index (χ3v) is 1.69. The van der Waals surface area contributed by atoms with Gasteiger partial charge in [-0.05, 0) is 11.6 Å². The van der Waals surface area contributed by atoms with Crippen LogP contribution in [0.1, 0.15) is 0 Å². The first kappa shape index (κ1) is 7.19. The zero-order valence-corrected chi connectivity index (χ0v) is 6.58. The van der Waals surface area contributed by atoms with Crippen LogP contribution in [0, 0.1) is 0 Å². The van der Waals surface area contributed by atoms with Gasteiger partial charge < -0.3 is 0 Å². The Labute approximate surface area is 67.8 Å². The maximum absolute atomic E-state index is 5.55. The van der Waals surface area contributed by atoms with Crippen molar-refractivity contribution in [2.75, 3.05) is 6.54 Å². The van der Waals surface area contributed by atoms with E-state index in [1.807, 2.05) is 0 Å². The minimum Gasteiger partial charge on any atom is -0.254 e. The van der Waals surface area contributed by atoms with Gasteiger partial charge in [0.1, 0.15) is 0 Å². The van der Waals surface area contributed by atoms with Crippen LogP contribution in [0.25, 0.3) is 0 Å². The van der Waals surface area contributed by atoms with Crippen LogP contribution in [-0.4, -0.2) is 16.3 Å². The van der Waals surface area contributed by atoms with Crippen LogP contribution in [0.5, 0.6) is 0 Å². The van der Waals surface area contributed by atoms with Crippen molar-refractivity contribution in [3.8, 4) is 0 Å². The summed E-state index contributed by atoms with van der Waals surface area (Å²) in [6.45, 7) is 0.422. The van der Waals surface area contributed by atoms with Gasteiger partial charge in [0.2, 0.25) is 5.29 Å². The number of hydrogen-bond donors (Lipinski definition) is 0. The summed E-state index contributed by atoms with van der Waals surface area (Å²) in [6, 6.07) is 0. The molecule has 0 saturated carbocycles. The predicted octanol–water partition coefficient (Wildman–Crippen LogP) is 2.13. The normalized spacial score (nSPS) is 19.2. The van der Waals surface area contributed by atoms with Gasteiger partial charge in [0.25, 0.3) is 0 Å². The van der Waals surface area contributed by atoms with E-state index in [4.69, 9.17) is 35.0 Å². The Morgan fingerprint density at radius 2 is 2.22 bits per heavy atom. The topological polar surface area (TPSA) is 15.6 Å². The highest BCUT2D eigenvalue weighted by Gasteiger charge is 2.10. The SMILES string of the molecule is ClC1=CN=C(Cl)N(Cl)C1. The van der Waals surface area contributed by atoms with Crippen LogP contribution in [0.15, 0.2) is 16.2 Å². The highest BCUT2D eigenvalue weighted by Crippen LogP contribution is 2.14. The number of hydrogen-bond acceptors (Lipinski definition) is 2. The average molecular weight is 185 g/mol. The summed E-state index contributed by atoms with van der Waals surface area (Å²) in [6.07, 6.45) is 1.47. The molecule has 0 spiro atoms. The molecule has 0 aromatic heterocycles. The minimum atomic E-state index is 0.251. The lowest BCUT2D eigenvalue weighted by Crippen LogP contribution is -2.20. The van der Waals surface area contributed by atoms with Gasteiger partial charge in [-0.2, -0.15) is 0 Å². The number of halogens is 3. The Kier molecular flexibility index (Phi) is 2.22. The molecule has 2 nitrogen and oxygen atoms in total. The summed E-state index contributed by atoms with van der Waals surface area (Å²) in [7, 11) is 0. The molecule has 9 heavy (non-hydrogen) atoms. The standard InChI is InChI=1S/C4H3Cl3N2/c5-3-1-8-4(6)9(7)2-3/h1H,2H2. The fraction of sp³-hybridized carbons (Fsp3) is 0.250. The summed E-state index contributed by atoms with van der Waals surface area (Å²) >= 11 is 16.5. The van der Waals surface area contributed by atoms with Crippen molar-refractivity contribution in [2.24, 2.45) is 4.99 Å². The molecule has 0 fully saturated rings. The molecule has 0 atom stereocenters. The lowest BCUT2D eigenvalue weighted by Gasteiger charge is -2.14. The van der Waals surface area contributed by atoms with E-state index in [-0.39, 0.29) is 5.29 Å². The number of aliphatic imine (C=N–C) groups is 1. The van der Waals surface area contributed by atoms with Gasteiger partial charge in [-0.15, -0.1) is 0 Å². The van der Waals surface area contributed by atoms with Crippen molar-refractivity contribution >= 4 is 40.3 Å². The Morgan fingerprint density at radius 1 is 1.56 bits per heavy atom. The quantitative estimate of drug-likeness (QED) is 0.417. The monoisotopic (exact) mass is 184 g/mol. The van der Waals surface area contributed by atoms with E-state index in [0.717, 1.165) is 0 Å². The van der Waals surface area contributed by atoms with Crippen molar-refractivity contribution in [1.29, 1.82) is 0 Å². The third-order valence-electron chi connectivity index (χ3n) is 0.801. The van der Waals surface area contributed by atoms with Crippen LogP contribution in [0.4, 0.5) is 0 Å². The van der Waals surface area contributed by atoms with Crippen molar-refractivity contribution < 1.29 is 0 Å². The van der Waals surface area contributed by atoms with Crippen molar-refractivity contribution in [3.63, 3.8) is 0 Å². The maximum Gasteiger partial charge on any atom is 0.213 e. The Balaban J connectivity index is 2.74. The van der Waals surface area contributed by atoms with Crippen LogP contribution in [0.2, 0.25) is 0 Å². The zero-order valence-electron chi connectivity index (χ0n) is 4.31. The second-order valence-electron chi connectivity index (χ2n) is 1.49. The van der Waals surface area contributed by atoms with E-state index in [9.17, 15) is 0 Å². The smallest absolute Gasteiger partial charge is 0.213 e. The van der Waals surface area contributed by atoms with E-state index in [2.05, 4.69) is 4.99 Å². The summed E-state index contributed by atoms with van der Waals surface area (Å²) in [4.78, 5) is 3.67. The third kappa shape index (κ3) is 1.75. The number of rotatable bonds is 0. The van der Waals surface area contributed by atoms with E-state index >= 15 is 0 Å². The van der Waals surface area contributed by atoms with Gasteiger partial charge in [0.15, 0.2) is 0 Å². The average Bonchev–Trinajstić information content (AvgIpc) is 1.80. The molecule has 50 valence electrons. The Morgan fingerprint density at radius 3 is 2.67 bits per heavy atom. The van der Waals surface area contributed by atoms with Crippen molar-refractivity contribution in [2.45, 2.75) is 0 Å². The highest BCUT2D eigenvalue weighted by atomic mass is 35.5. The van der Waals surface area contributed by atoms with Gasteiger partial charge in [-0.3, -0.25) is 4.42 Å². The largest absolute Gasteiger partial charge is 0.254 e. The van der Waals surface area contributed by atoms with E-state index in [1.165, 1.54) is 10.6 Å². The first-order chi connectivity index (χ1) is 4.20. The summed E-state index contributed by atoms with van der Waals surface area (Å²) in [5.41, 5.74) is 0. The molecule has 1 heterocycles. The molecule has 0 saturated heterocycles. The minimum absolute atomic E-state index is 0.251. The van der Waals surface area contributed by atoms with Gasteiger partial charge in [0, 0.05) is 18.0 Å². The van der Waals surface area contributed by atoms with Crippen LogP contribution < -0.4 is 0 Å². The molecular weight excluding hydrogens is 182 g/mol. The zero-order chi connectivity index (χ0) is 6.85. The fourth-order valence-corrected chi connectivity index (χ4v) is 0.935. The first-order valence-corrected chi connectivity index (χ1v) is 3.30. The van der Waals surface area contributed by atoms with Crippen molar-refractivity contribution in [1.82, 2.24) is 4.42 Å². The van der Waals surface area contributed by atoms with Crippen LogP contribution >= 0.6 is 35.0 Å². The van der Waals surface area contributed by atoms with Gasteiger partial charge >= 0.3 is 0 Å². The van der Waals surface area contributed by atoms with E-state index in [0.29, 0.717) is 11.6 Å². The van der Waals surface area contributed by atoms with E-state index < -0.39 is 0 Å². The van der Waals surface area contributed by atoms with Gasteiger partial charge in [-0.1, -0.05) is 11.6 Å². The highest BCUT2D eigenvalue weighted by molar-refractivity contribution is 6.67. The molecule has 0 N–H and O–H groups in total.